The van der Waals surface area contributed by atoms with Gasteiger partial charge in [-0.15, -0.1) is 0 Å². The molecule has 0 saturated carbocycles. The van der Waals surface area contributed by atoms with E-state index in [1.165, 1.54) is 6.08 Å². The molecule has 21 heavy (non-hydrogen) atoms. The first kappa shape index (κ1) is 17.4. The highest BCUT2D eigenvalue weighted by atomic mass is 16.5. The largest absolute Gasteiger partial charge is 0.389 e. The number of nitrogens with one attached hydrogen (secondary N) is 1. The second-order valence-electron chi connectivity index (χ2n) is 5.58. The number of carbonyl (C=O) groups is 1. The molecule has 4 heteroatoms. The monoisotopic (exact) mass is 291 g/mol. The molecule has 0 aliphatic carbocycles. The van der Waals surface area contributed by atoms with Crippen molar-refractivity contribution in [3.8, 4) is 0 Å². The van der Waals surface area contributed by atoms with Crippen LogP contribution in [0.2, 0.25) is 0 Å². The summed E-state index contributed by atoms with van der Waals surface area (Å²) in [4.78, 5) is 11.6. The summed E-state index contributed by atoms with van der Waals surface area (Å²) in [6.45, 7) is 7.13. The highest BCUT2D eigenvalue weighted by Gasteiger charge is 2.06. The number of hydrogen-bond donors (Lipinski definition) is 2. The van der Waals surface area contributed by atoms with Crippen LogP contribution in [0.1, 0.15) is 25.0 Å². The lowest BCUT2D eigenvalue weighted by molar-refractivity contribution is -0.117. The van der Waals surface area contributed by atoms with Gasteiger partial charge in [0.1, 0.15) is 0 Å². The lowest BCUT2D eigenvalue weighted by Gasteiger charge is -2.12. The van der Waals surface area contributed by atoms with Crippen molar-refractivity contribution >= 4 is 12.0 Å². The third kappa shape index (κ3) is 8.27. The second kappa shape index (κ2) is 9.32. The van der Waals surface area contributed by atoms with Crippen molar-refractivity contribution in [2.24, 2.45) is 5.92 Å². The number of carbonyl (C=O) groups excluding carboxylic acids is 1. The lowest BCUT2D eigenvalue weighted by Crippen LogP contribution is -2.33. The molecule has 1 amide bonds. The number of hydrogen-bond acceptors (Lipinski definition) is 3. The normalized spacial score (nSPS) is 12.8. The molecule has 1 unspecified atom stereocenters. The van der Waals surface area contributed by atoms with Crippen LogP contribution < -0.4 is 5.32 Å². The van der Waals surface area contributed by atoms with E-state index >= 15 is 0 Å². The maximum Gasteiger partial charge on any atom is 0.244 e. The van der Waals surface area contributed by atoms with Gasteiger partial charge in [-0.3, -0.25) is 4.79 Å². The highest BCUT2D eigenvalue weighted by Crippen LogP contribution is 2.05. The highest BCUT2D eigenvalue weighted by molar-refractivity contribution is 5.91. The number of amides is 1. The van der Waals surface area contributed by atoms with Gasteiger partial charge in [-0.05, 0) is 24.5 Å². The maximum atomic E-state index is 11.6. The van der Waals surface area contributed by atoms with E-state index in [9.17, 15) is 9.90 Å². The summed E-state index contributed by atoms with van der Waals surface area (Å²) in [7, 11) is 0. The van der Waals surface area contributed by atoms with E-state index < -0.39 is 6.10 Å². The Morgan fingerprint density at radius 3 is 2.81 bits per heavy atom. The molecule has 1 atom stereocenters. The van der Waals surface area contributed by atoms with Gasteiger partial charge in [-0.1, -0.05) is 43.7 Å². The summed E-state index contributed by atoms with van der Waals surface area (Å²) in [5, 5.41) is 12.3. The van der Waals surface area contributed by atoms with Crippen molar-refractivity contribution < 1.29 is 14.6 Å². The molecule has 0 spiro atoms. The third-order valence-corrected chi connectivity index (χ3v) is 2.74. The van der Waals surface area contributed by atoms with E-state index in [0.717, 1.165) is 11.1 Å². The van der Waals surface area contributed by atoms with Crippen LogP contribution >= 0.6 is 0 Å². The van der Waals surface area contributed by atoms with Gasteiger partial charge in [0.15, 0.2) is 0 Å². The molecule has 1 rings (SSSR count). The Morgan fingerprint density at radius 2 is 2.14 bits per heavy atom. The minimum atomic E-state index is -0.680. The number of aliphatic hydroxyl groups is 1. The first-order chi connectivity index (χ1) is 9.97. The fourth-order valence-electron chi connectivity index (χ4n) is 1.72. The molecule has 1 aromatic carbocycles. The molecule has 2 N–H and O–H groups in total. The topological polar surface area (TPSA) is 58.6 Å². The smallest absolute Gasteiger partial charge is 0.244 e. The SMILES string of the molecule is Cc1cccc(/C=C/C(=O)NCC(O)COCC(C)C)c1. The third-order valence-electron chi connectivity index (χ3n) is 2.74. The van der Waals surface area contributed by atoms with E-state index in [1.54, 1.807) is 6.08 Å². The number of rotatable bonds is 8. The molecular weight excluding hydrogens is 266 g/mol. The standard InChI is InChI=1S/C17H25NO3/c1-13(2)11-21-12-16(19)10-18-17(20)8-7-15-6-4-5-14(3)9-15/h4-9,13,16,19H,10-12H2,1-3H3,(H,18,20)/b8-7+. The molecule has 0 fully saturated rings. The Bertz CT molecular complexity index is 469. The van der Waals surface area contributed by atoms with Gasteiger partial charge in [0.25, 0.3) is 0 Å². The minimum Gasteiger partial charge on any atom is -0.389 e. The average Bonchev–Trinajstić information content (AvgIpc) is 2.42. The quantitative estimate of drug-likeness (QED) is 0.722. The Kier molecular flexibility index (Phi) is 7.72. The van der Waals surface area contributed by atoms with Gasteiger partial charge >= 0.3 is 0 Å². The molecule has 0 bridgehead atoms. The van der Waals surface area contributed by atoms with Gasteiger partial charge in [0.2, 0.25) is 5.91 Å². The molecule has 116 valence electrons. The molecular formula is C17H25NO3. The Balaban J connectivity index is 2.27. The van der Waals surface area contributed by atoms with Gasteiger partial charge in [-0.2, -0.15) is 0 Å². The Morgan fingerprint density at radius 1 is 1.38 bits per heavy atom. The predicted molar refractivity (Wildman–Crippen MR) is 84.9 cm³/mol. The first-order valence-corrected chi connectivity index (χ1v) is 7.25. The number of benzene rings is 1. The van der Waals surface area contributed by atoms with Crippen molar-refractivity contribution in [1.82, 2.24) is 5.32 Å². The van der Waals surface area contributed by atoms with Crippen LogP contribution in [-0.4, -0.2) is 36.9 Å². The van der Waals surface area contributed by atoms with E-state index in [1.807, 2.05) is 45.0 Å². The van der Waals surface area contributed by atoms with Crippen molar-refractivity contribution in [2.45, 2.75) is 26.9 Å². The number of aryl methyl sites for hydroxylation is 1. The second-order valence-corrected chi connectivity index (χ2v) is 5.58. The zero-order valence-electron chi connectivity index (χ0n) is 13.0. The predicted octanol–water partition coefficient (Wildman–Crippen LogP) is 2.16. The summed E-state index contributed by atoms with van der Waals surface area (Å²) >= 11 is 0. The summed E-state index contributed by atoms with van der Waals surface area (Å²) in [6, 6.07) is 7.89. The van der Waals surface area contributed by atoms with E-state index in [-0.39, 0.29) is 19.1 Å². The molecule has 0 aromatic heterocycles. The molecule has 4 nitrogen and oxygen atoms in total. The lowest BCUT2D eigenvalue weighted by atomic mass is 10.1. The zero-order valence-corrected chi connectivity index (χ0v) is 13.0. The van der Waals surface area contributed by atoms with Crippen LogP contribution in [0.5, 0.6) is 0 Å². The van der Waals surface area contributed by atoms with E-state index in [2.05, 4.69) is 5.32 Å². The van der Waals surface area contributed by atoms with Crippen LogP contribution in [0.4, 0.5) is 0 Å². The maximum absolute atomic E-state index is 11.6. The van der Waals surface area contributed by atoms with Crippen molar-refractivity contribution in [3.05, 3.63) is 41.5 Å². The molecule has 0 saturated heterocycles. The van der Waals surface area contributed by atoms with Crippen LogP contribution in [0.25, 0.3) is 6.08 Å². The fraction of sp³-hybridized carbons (Fsp3) is 0.471. The van der Waals surface area contributed by atoms with Gasteiger partial charge in [0, 0.05) is 19.2 Å². The van der Waals surface area contributed by atoms with Crippen LogP contribution in [-0.2, 0) is 9.53 Å². The summed E-state index contributed by atoms with van der Waals surface area (Å²) in [6.07, 6.45) is 2.54. The van der Waals surface area contributed by atoms with Crippen LogP contribution in [0, 0.1) is 12.8 Å². The van der Waals surface area contributed by atoms with Crippen LogP contribution in [0.15, 0.2) is 30.3 Å². The van der Waals surface area contributed by atoms with Crippen LogP contribution in [0.3, 0.4) is 0 Å². The zero-order chi connectivity index (χ0) is 15.7. The first-order valence-electron chi connectivity index (χ1n) is 7.25. The Labute approximate surface area is 126 Å². The van der Waals surface area contributed by atoms with Gasteiger partial charge in [-0.25, -0.2) is 0 Å². The molecule has 0 aliphatic rings. The van der Waals surface area contributed by atoms with E-state index in [0.29, 0.717) is 12.5 Å². The Hall–Kier alpha value is -1.65. The minimum absolute atomic E-state index is 0.190. The van der Waals surface area contributed by atoms with Crippen molar-refractivity contribution in [3.63, 3.8) is 0 Å². The fourth-order valence-corrected chi connectivity index (χ4v) is 1.72. The van der Waals surface area contributed by atoms with Gasteiger partial charge < -0.3 is 15.2 Å². The summed E-state index contributed by atoms with van der Waals surface area (Å²) < 4.78 is 5.31. The average molecular weight is 291 g/mol. The molecule has 0 heterocycles. The van der Waals surface area contributed by atoms with Gasteiger partial charge in [0.05, 0.1) is 12.7 Å². The number of aliphatic hydroxyl groups excluding tert-OH is 1. The summed E-state index contributed by atoms with van der Waals surface area (Å²) in [5.41, 5.74) is 2.13. The molecule has 1 aromatic rings. The molecule has 0 radical (unpaired) electrons. The van der Waals surface area contributed by atoms with Crippen molar-refractivity contribution in [1.29, 1.82) is 0 Å². The molecule has 0 aliphatic heterocycles. The number of ether oxygens (including phenoxy) is 1. The van der Waals surface area contributed by atoms with E-state index in [4.69, 9.17) is 4.74 Å². The summed E-state index contributed by atoms with van der Waals surface area (Å²) in [5.74, 6) is 0.212. The van der Waals surface area contributed by atoms with Crippen molar-refractivity contribution in [2.75, 3.05) is 19.8 Å².